The van der Waals surface area contributed by atoms with Crippen molar-refractivity contribution in [2.24, 2.45) is 0 Å². The predicted octanol–water partition coefficient (Wildman–Crippen LogP) is 4.23. The number of aliphatic hydroxyl groups is 1. The van der Waals surface area contributed by atoms with Crippen LogP contribution in [-0.4, -0.2) is 39.0 Å². The van der Waals surface area contributed by atoms with Crippen molar-refractivity contribution in [2.45, 2.75) is 44.4 Å². The molecule has 4 aromatic rings. The van der Waals surface area contributed by atoms with Crippen LogP contribution in [0.1, 0.15) is 47.6 Å². The lowest BCUT2D eigenvalue weighted by Gasteiger charge is -2.26. The molecular weight excluding hydrogens is 461 g/mol. The molecule has 4 N–H and O–H groups in total. The van der Waals surface area contributed by atoms with E-state index < -0.39 is 11.7 Å². The van der Waals surface area contributed by atoms with Gasteiger partial charge in [0.25, 0.3) is 5.91 Å². The number of aromatic nitrogens is 3. The molecule has 8 nitrogen and oxygen atoms in total. The maximum Gasteiger partial charge on any atom is 0.255 e. The highest BCUT2D eigenvalue weighted by Crippen LogP contribution is 2.36. The summed E-state index contributed by atoms with van der Waals surface area (Å²) in [6.07, 6.45) is 4.66. The molecule has 36 heavy (non-hydrogen) atoms. The van der Waals surface area contributed by atoms with E-state index in [1.165, 1.54) is 19.2 Å². The van der Waals surface area contributed by atoms with Crippen LogP contribution in [0.25, 0.3) is 22.2 Å². The Morgan fingerprint density at radius 3 is 2.64 bits per heavy atom. The van der Waals surface area contributed by atoms with Crippen molar-refractivity contribution in [2.75, 3.05) is 12.8 Å². The molecule has 2 aromatic carbocycles. The van der Waals surface area contributed by atoms with Crippen molar-refractivity contribution in [1.29, 1.82) is 0 Å². The maximum absolute atomic E-state index is 13.6. The van der Waals surface area contributed by atoms with E-state index >= 15 is 0 Å². The van der Waals surface area contributed by atoms with Crippen molar-refractivity contribution >= 4 is 22.6 Å². The Hall–Kier alpha value is -3.98. The molecule has 0 aliphatic heterocycles. The highest BCUT2D eigenvalue weighted by atomic mass is 19.1. The number of halogens is 1. The van der Waals surface area contributed by atoms with E-state index in [1.807, 2.05) is 35.0 Å². The van der Waals surface area contributed by atoms with Crippen molar-refractivity contribution in [3.05, 3.63) is 71.7 Å². The first-order chi connectivity index (χ1) is 17.4. The van der Waals surface area contributed by atoms with Crippen LogP contribution in [0, 0.1) is 5.82 Å². The van der Waals surface area contributed by atoms with Gasteiger partial charge in [-0.3, -0.25) is 9.48 Å². The van der Waals surface area contributed by atoms with E-state index in [2.05, 4.69) is 10.3 Å². The second-order valence-corrected chi connectivity index (χ2v) is 9.07. The number of nitrogens with two attached hydrogens (primary N) is 1. The summed E-state index contributed by atoms with van der Waals surface area (Å²) in [6.45, 7) is 0.266. The third-order valence-electron chi connectivity index (χ3n) is 6.75. The summed E-state index contributed by atoms with van der Waals surface area (Å²) >= 11 is 0. The Bertz CT molecular complexity index is 1390. The quantitative estimate of drug-likeness (QED) is 0.373. The number of rotatable bonds is 6. The van der Waals surface area contributed by atoms with E-state index in [4.69, 9.17) is 15.6 Å². The molecule has 9 heteroatoms. The minimum absolute atomic E-state index is 0.143. The van der Waals surface area contributed by atoms with Gasteiger partial charge >= 0.3 is 0 Å². The molecule has 0 radical (unpaired) electrons. The normalized spacial score (nSPS) is 17.8. The average molecular weight is 490 g/mol. The van der Waals surface area contributed by atoms with Crippen molar-refractivity contribution in [1.82, 2.24) is 20.1 Å². The summed E-state index contributed by atoms with van der Waals surface area (Å²) in [5.74, 6) is -0.192. The third kappa shape index (κ3) is 4.61. The monoisotopic (exact) mass is 489 g/mol. The molecule has 1 amide bonds. The number of carbonyl (C=O) groups is 1. The van der Waals surface area contributed by atoms with Gasteiger partial charge in [0.15, 0.2) is 0 Å². The summed E-state index contributed by atoms with van der Waals surface area (Å²) in [4.78, 5) is 16.9. The number of amides is 1. The van der Waals surface area contributed by atoms with Gasteiger partial charge in [-0.15, -0.1) is 0 Å². The highest BCUT2D eigenvalue weighted by Gasteiger charge is 2.25. The van der Waals surface area contributed by atoms with Crippen LogP contribution < -0.4 is 15.8 Å². The van der Waals surface area contributed by atoms with Gasteiger partial charge in [-0.05, 0) is 55.5 Å². The molecule has 1 aliphatic rings. The SMILES string of the molecule is COc1ccc(F)cc1C(=O)NCc1ccc(-c2nn([C@H]3CC[C@H](O)CC3)c3ccnc(N)c23)cc1. The summed E-state index contributed by atoms with van der Waals surface area (Å²) in [7, 11) is 1.44. The van der Waals surface area contributed by atoms with Crippen LogP contribution in [0.15, 0.2) is 54.7 Å². The topological polar surface area (TPSA) is 115 Å². The molecule has 1 saturated carbocycles. The van der Waals surface area contributed by atoms with Gasteiger partial charge in [0.2, 0.25) is 0 Å². The number of pyridine rings is 1. The Morgan fingerprint density at radius 2 is 1.92 bits per heavy atom. The van der Waals surface area contributed by atoms with Gasteiger partial charge in [0.1, 0.15) is 23.1 Å². The number of ether oxygens (including phenoxy) is 1. The van der Waals surface area contributed by atoms with Crippen LogP contribution in [0.3, 0.4) is 0 Å². The minimum Gasteiger partial charge on any atom is -0.496 e. The van der Waals surface area contributed by atoms with E-state index in [0.29, 0.717) is 11.6 Å². The molecular formula is C27H28FN5O3. The van der Waals surface area contributed by atoms with Crippen molar-refractivity contribution in [3.8, 4) is 17.0 Å². The minimum atomic E-state index is -0.505. The zero-order valence-corrected chi connectivity index (χ0v) is 19.9. The second kappa shape index (κ2) is 9.94. The molecule has 0 unspecified atom stereocenters. The van der Waals surface area contributed by atoms with Gasteiger partial charge in [0.05, 0.1) is 35.7 Å². The average Bonchev–Trinajstić information content (AvgIpc) is 3.29. The van der Waals surface area contributed by atoms with Crippen LogP contribution in [0.5, 0.6) is 5.75 Å². The number of nitrogens with one attached hydrogen (secondary N) is 1. The number of fused-ring (bicyclic) bond motifs is 1. The van der Waals surface area contributed by atoms with E-state index in [-0.39, 0.29) is 24.3 Å². The highest BCUT2D eigenvalue weighted by molar-refractivity contribution is 6.00. The smallest absolute Gasteiger partial charge is 0.255 e. The summed E-state index contributed by atoms with van der Waals surface area (Å²) < 4.78 is 20.8. The Labute approximate surface area is 207 Å². The number of hydrogen-bond donors (Lipinski definition) is 3. The van der Waals surface area contributed by atoms with Gasteiger partial charge in [-0.2, -0.15) is 5.10 Å². The lowest BCUT2D eigenvalue weighted by atomic mass is 9.93. The molecule has 1 fully saturated rings. The molecule has 186 valence electrons. The molecule has 2 heterocycles. The number of benzene rings is 2. The lowest BCUT2D eigenvalue weighted by molar-refractivity contribution is 0.0947. The Balaban J connectivity index is 1.37. The third-order valence-corrected chi connectivity index (χ3v) is 6.75. The van der Waals surface area contributed by atoms with Crippen LogP contribution >= 0.6 is 0 Å². The first-order valence-corrected chi connectivity index (χ1v) is 12.0. The molecule has 5 rings (SSSR count). The van der Waals surface area contributed by atoms with Gasteiger partial charge in [0, 0.05) is 18.3 Å². The number of aliphatic hydroxyl groups excluding tert-OH is 1. The van der Waals surface area contributed by atoms with E-state index in [0.717, 1.165) is 59.5 Å². The number of nitrogen functional groups attached to an aromatic ring is 1. The van der Waals surface area contributed by atoms with Crippen LogP contribution in [-0.2, 0) is 6.54 Å². The van der Waals surface area contributed by atoms with Gasteiger partial charge < -0.3 is 20.9 Å². The zero-order valence-electron chi connectivity index (χ0n) is 19.9. The fourth-order valence-electron chi connectivity index (χ4n) is 4.81. The second-order valence-electron chi connectivity index (χ2n) is 9.07. The van der Waals surface area contributed by atoms with E-state index in [1.54, 1.807) is 6.20 Å². The summed E-state index contributed by atoms with van der Waals surface area (Å²) in [5, 5.41) is 18.5. The number of carbonyl (C=O) groups excluding carboxylic acids is 1. The zero-order chi connectivity index (χ0) is 25.2. The summed E-state index contributed by atoms with van der Waals surface area (Å²) in [6, 6.07) is 13.7. The van der Waals surface area contributed by atoms with Crippen LogP contribution in [0.2, 0.25) is 0 Å². The van der Waals surface area contributed by atoms with Crippen molar-refractivity contribution < 1.29 is 19.0 Å². The van der Waals surface area contributed by atoms with E-state index in [9.17, 15) is 14.3 Å². The first-order valence-electron chi connectivity index (χ1n) is 12.0. The molecule has 0 saturated heterocycles. The number of nitrogens with zero attached hydrogens (tertiary/aromatic N) is 3. The fraction of sp³-hybridized carbons (Fsp3) is 0.296. The van der Waals surface area contributed by atoms with Gasteiger partial charge in [-0.1, -0.05) is 24.3 Å². The predicted molar refractivity (Wildman–Crippen MR) is 135 cm³/mol. The largest absolute Gasteiger partial charge is 0.496 e. The molecule has 0 atom stereocenters. The molecule has 2 aromatic heterocycles. The fourth-order valence-corrected chi connectivity index (χ4v) is 4.81. The molecule has 1 aliphatic carbocycles. The molecule has 0 spiro atoms. The van der Waals surface area contributed by atoms with Crippen LogP contribution in [0.4, 0.5) is 10.2 Å². The van der Waals surface area contributed by atoms with Crippen molar-refractivity contribution in [3.63, 3.8) is 0 Å². The Kier molecular flexibility index (Phi) is 6.56. The number of anilines is 1. The Morgan fingerprint density at radius 1 is 1.17 bits per heavy atom. The standard InChI is InChI=1S/C27H28FN5O3/c1-36-23-11-6-18(28)14-21(23)27(35)31-15-16-2-4-17(5-3-16)25-24-22(12-13-30-26(24)29)33(32-25)19-7-9-20(34)10-8-19/h2-6,11-14,19-20,34H,7-10,15H2,1H3,(H2,29,30)(H,31,35)/t19-,20-. The van der Waals surface area contributed by atoms with Gasteiger partial charge in [-0.25, -0.2) is 9.37 Å². The number of hydrogen-bond acceptors (Lipinski definition) is 6. The first kappa shape index (κ1) is 23.7. The molecule has 0 bridgehead atoms. The summed E-state index contributed by atoms with van der Waals surface area (Å²) in [5.41, 5.74) is 9.85. The lowest BCUT2D eigenvalue weighted by Crippen LogP contribution is -2.23. The number of methoxy groups -OCH3 is 1. The maximum atomic E-state index is 13.6.